The van der Waals surface area contributed by atoms with E-state index >= 15 is 0 Å². The van der Waals surface area contributed by atoms with Gasteiger partial charge in [-0.3, -0.25) is 14.3 Å². The number of aryl methyl sites for hydroxylation is 1. The number of nitrogens with zero attached hydrogens (tertiary/aromatic N) is 2. The van der Waals surface area contributed by atoms with Gasteiger partial charge in [0.25, 0.3) is 0 Å². The molecule has 2 aromatic rings. The van der Waals surface area contributed by atoms with Gasteiger partial charge < -0.3 is 10.4 Å². The van der Waals surface area contributed by atoms with Crippen molar-refractivity contribution >= 4 is 17.6 Å². The van der Waals surface area contributed by atoms with E-state index in [-0.39, 0.29) is 12.5 Å². The van der Waals surface area contributed by atoms with Gasteiger partial charge in [0.15, 0.2) is 0 Å². The molecule has 2 N–H and O–H groups in total. The van der Waals surface area contributed by atoms with Crippen LogP contribution >= 0.6 is 0 Å². The van der Waals surface area contributed by atoms with E-state index in [1.165, 1.54) is 17.1 Å². The molecule has 2 rings (SSSR count). The summed E-state index contributed by atoms with van der Waals surface area (Å²) < 4.78 is 1.26. The van der Waals surface area contributed by atoms with Crippen LogP contribution in [-0.2, 0) is 22.6 Å². The number of hydrogen-bond acceptors (Lipinski definition) is 3. The molecule has 1 amide bonds. The molecule has 0 saturated carbocycles. The summed E-state index contributed by atoms with van der Waals surface area (Å²) in [6, 6.07) is 9.74. The van der Waals surface area contributed by atoms with Crippen LogP contribution in [0.1, 0.15) is 12.0 Å². The quantitative estimate of drug-likeness (QED) is 0.836. The van der Waals surface area contributed by atoms with E-state index in [0.717, 1.165) is 5.56 Å². The maximum atomic E-state index is 11.8. The average molecular weight is 273 g/mol. The minimum atomic E-state index is -0.977. The molecule has 1 aromatic carbocycles. The van der Waals surface area contributed by atoms with Crippen LogP contribution in [0.15, 0.2) is 42.7 Å². The van der Waals surface area contributed by atoms with E-state index in [4.69, 9.17) is 5.11 Å². The highest BCUT2D eigenvalue weighted by Gasteiger charge is 2.06. The highest BCUT2D eigenvalue weighted by atomic mass is 16.4. The van der Waals surface area contributed by atoms with Gasteiger partial charge in [0.05, 0.1) is 11.9 Å². The minimum absolute atomic E-state index is 0.122. The molecule has 0 aliphatic rings. The second-order valence-corrected chi connectivity index (χ2v) is 4.35. The van der Waals surface area contributed by atoms with Crippen molar-refractivity contribution in [3.05, 3.63) is 48.3 Å². The van der Waals surface area contributed by atoms with Crippen LogP contribution in [0, 0.1) is 0 Å². The van der Waals surface area contributed by atoms with Crippen molar-refractivity contribution in [3.8, 4) is 0 Å². The monoisotopic (exact) mass is 273 g/mol. The molecule has 20 heavy (non-hydrogen) atoms. The Hall–Kier alpha value is -2.63. The van der Waals surface area contributed by atoms with Gasteiger partial charge in [-0.05, 0) is 12.0 Å². The topological polar surface area (TPSA) is 84.2 Å². The predicted octanol–water partition coefficient (Wildman–Crippen LogP) is 1.54. The predicted molar refractivity (Wildman–Crippen MR) is 73.3 cm³/mol. The first-order chi connectivity index (χ1) is 9.63. The number of carboxylic acid groups (broad SMARTS) is 1. The van der Waals surface area contributed by atoms with Crippen LogP contribution in [0.3, 0.4) is 0 Å². The zero-order chi connectivity index (χ0) is 14.4. The molecule has 1 aromatic heterocycles. The van der Waals surface area contributed by atoms with Gasteiger partial charge in [-0.1, -0.05) is 30.3 Å². The summed E-state index contributed by atoms with van der Waals surface area (Å²) in [5.74, 6) is -1.10. The number of anilines is 1. The van der Waals surface area contributed by atoms with E-state index in [0.29, 0.717) is 18.5 Å². The van der Waals surface area contributed by atoms with Gasteiger partial charge in [-0.15, -0.1) is 0 Å². The van der Waals surface area contributed by atoms with Gasteiger partial charge in [-0.25, -0.2) is 0 Å². The van der Waals surface area contributed by atoms with Gasteiger partial charge >= 0.3 is 5.97 Å². The number of amides is 1. The van der Waals surface area contributed by atoms with E-state index in [2.05, 4.69) is 10.4 Å². The summed E-state index contributed by atoms with van der Waals surface area (Å²) in [6.07, 6.45) is 3.96. The Morgan fingerprint density at radius 3 is 2.70 bits per heavy atom. The third-order valence-electron chi connectivity index (χ3n) is 2.70. The second-order valence-electron chi connectivity index (χ2n) is 4.35. The normalized spacial score (nSPS) is 10.2. The highest BCUT2D eigenvalue weighted by molar-refractivity contribution is 5.90. The Morgan fingerprint density at radius 2 is 2.00 bits per heavy atom. The number of nitrogens with one attached hydrogen (secondary N) is 1. The van der Waals surface area contributed by atoms with Crippen molar-refractivity contribution in [2.24, 2.45) is 0 Å². The minimum Gasteiger partial charge on any atom is -0.480 e. The van der Waals surface area contributed by atoms with E-state index in [1.54, 1.807) is 0 Å². The molecule has 0 saturated heterocycles. The summed E-state index contributed by atoms with van der Waals surface area (Å²) in [5, 5.41) is 15.2. The van der Waals surface area contributed by atoms with Gasteiger partial charge in [-0.2, -0.15) is 5.10 Å². The molecule has 6 nitrogen and oxygen atoms in total. The lowest BCUT2D eigenvalue weighted by atomic mass is 10.1. The summed E-state index contributed by atoms with van der Waals surface area (Å²) >= 11 is 0. The molecule has 0 atom stereocenters. The Balaban J connectivity index is 1.82. The average Bonchev–Trinajstić information content (AvgIpc) is 2.84. The smallest absolute Gasteiger partial charge is 0.325 e. The van der Waals surface area contributed by atoms with Crippen LogP contribution in [-0.4, -0.2) is 26.8 Å². The first-order valence-electron chi connectivity index (χ1n) is 6.21. The van der Waals surface area contributed by atoms with Crippen LogP contribution < -0.4 is 5.32 Å². The number of carboxylic acids is 1. The van der Waals surface area contributed by atoms with Crippen molar-refractivity contribution in [3.63, 3.8) is 0 Å². The van der Waals surface area contributed by atoms with Crippen molar-refractivity contribution in [2.45, 2.75) is 19.4 Å². The zero-order valence-electron chi connectivity index (χ0n) is 10.8. The molecule has 0 fully saturated rings. The zero-order valence-corrected chi connectivity index (χ0v) is 10.8. The van der Waals surface area contributed by atoms with Gasteiger partial charge in [0.1, 0.15) is 6.54 Å². The summed E-state index contributed by atoms with van der Waals surface area (Å²) in [7, 11) is 0. The summed E-state index contributed by atoms with van der Waals surface area (Å²) in [6.45, 7) is -0.222. The van der Waals surface area contributed by atoms with Crippen molar-refractivity contribution < 1.29 is 14.7 Å². The van der Waals surface area contributed by atoms with E-state index < -0.39 is 5.97 Å². The Kier molecular flexibility index (Phi) is 4.49. The van der Waals surface area contributed by atoms with Gasteiger partial charge in [0.2, 0.25) is 5.91 Å². The molecule has 104 valence electrons. The Morgan fingerprint density at radius 1 is 1.25 bits per heavy atom. The molecule has 0 radical (unpaired) electrons. The molecule has 0 aliphatic carbocycles. The first-order valence-corrected chi connectivity index (χ1v) is 6.21. The molecule has 0 aliphatic heterocycles. The molecular formula is C14H15N3O3. The van der Waals surface area contributed by atoms with E-state index in [9.17, 15) is 9.59 Å². The third kappa shape index (κ3) is 4.24. The lowest BCUT2D eigenvalue weighted by molar-refractivity contribution is -0.137. The fourth-order valence-electron chi connectivity index (χ4n) is 1.78. The lowest BCUT2D eigenvalue weighted by Gasteiger charge is -2.02. The number of hydrogen-bond donors (Lipinski definition) is 2. The van der Waals surface area contributed by atoms with Crippen LogP contribution in [0.25, 0.3) is 0 Å². The SMILES string of the molecule is O=C(O)Cn1cc(NC(=O)CCc2ccccc2)cn1. The lowest BCUT2D eigenvalue weighted by Crippen LogP contribution is -2.12. The third-order valence-corrected chi connectivity index (χ3v) is 2.70. The summed E-state index contributed by atoms with van der Waals surface area (Å²) in [4.78, 5) is 22.3. The molecule has 0 unspecified atom stereocenters. The van der Waals surface area contributed by atoms with Crippen LogP contribution in [0.2, 0.25) is 0 Å². The van der Waals surface area contributed by atoms with Gasteiger partial charge in [0, 0.05) is 12.6 Å². The van der Waals surface area contributed by atoms with Crippen molar-refractivity contribution in [1.82, 2.24) is 9.78 Å². The number of aliphatic carboxylic acids is 1. The standard InChI is InChI=1S/C14H15N3O3/c18-13(7-6-11-4-2-1-3-5-11)16-12-8-15-17(9-12)10-14(19)20/h1-5,8-9H,6-7,10H2,(H,16,18)(H,19,20). The molecule has 0 spiro atoms. The first kappa shape index (κ1) is 13.8. The van der Waals surface area contributed by atoms with Crippen molar-refractivity contribution in [2.75, 3.05) is 5.32 Å². The molecule has 6 heteroatoms. The number of carbonyl (C=O) groups is 2. The summed E-state index contributed by atoms with van der Waals surface area (Å²) in [5.41, 5.74) is 1.61. The maximum Gasteiger partial charge on any atom is 0.325 e. The second kappa shape index (κ2) is 6.51. The van der Waals surface area contributed by atoms with E-state index in [1.807, 2.05) is 30.3 Å². The maximum absolute atomic E-state index is 11.8. The largest absolute Gasteiger partial charge is 0.480 e. The number of carbonyl (C=O) groups excluding carboxylic acids is 1. The number of benzene rings is 1. The Bertz CT molecular complexity index is 593. The highest BCUT2D eigenvalue weighted by Crippen LogP contribution is 2.07. The number of rotatable bonds is 6. The van der Waals surface area contributed by atoms with Crippen molar-refractivity contribution in [1.29, 1.82) is 0 Å². The van der Waals surface area contributed by atoms with Crippen LogP contribution in [0.4, 0.5) is 5.69 Å². The number of aromatic nitrogens is 2. The molecule has 1 heterocycles. The Labute approximate surface area is 116 Å². The van der Waals surface area contributed by atoms with Crippen LogP contribution in [0.5, 0.6) is 0 Å². The molecular weight excluding hydrogens is 258 g/mol. The fraction of sp³-hybridized carbons (Fsp3) is 0.214. The fourth-order valence-corrected chi connectivity index (χ4v) is 1.78. The molecule has 0 bridgehead atoms.